The lowest BCUT2D eigenvalue weighted by atomic mass is 9.93. The molecule has 0 aromatic heterocycles. The lowest BCUT2D eigenvalue weighted by molar-refractivity contribution is -0.139. The largest absolute Gasteiger partial charge is 0.480 e. The Balaban J connectivity index is 1.71. The van der Waals surface area contributed by atoms with E-state index in [1.165, 1.54) is 5.56 Å². The van der Waals surface area contributed by atoms with E-state index in [9.17, 15) is 14.7 Å². The van der Waals surface area contributed by atoms with Crippen LogP contribution < -0.4 is 10.2 Å². The summed E-state index contributed by atoms with van der Waals surface area (Å²) in [6.45, 7) is 3.31. The SMILES string of the molecule is CSCCC(NC(=O)c1ccc(CN(Cc2ccccc2)c2ccc(Cl)cc2)cc1-c1ccccc1C)C(=O)O. The molecule has 1 amide bonds. The first-order valence-corrected chi connectivity index (χ1v) is 14.9. The van der Waals surface area contributed by atoms with Crippen LogP contribution in [0.4, 0.5) is 5.69 Å². The second kappa shape index (κ2) is 14.1. The number of halogens is 1. The number of anilines is 1. The molecule has 1 atom stereocenters. The molecule has 4 rings (SSSR count). The average Bonchev–Trinajstić information content (AvgIpc) is 2.96. The molecule has 0 aliphatic heterocycles. The Morgan fingerprint density at radius 3 is 2.23 bits per heavy atom. The zero-order valence-corrected chi connectivity index (χ0v) is 24.2. The molecule has 0 aliphatic rings. The molecule has 2 N–H and O–H groups in total. The van der Waals surface area contributed by atoms with E-state index in [2.05, 4.69) is 22.3 Å². The molecule has 0 radical (unpaired) electrons. The van der Waals surface area contributed by atoms with Crippen LogP contribution in [0.15, 0.2) is 97.1 Å². The number of nitrogens with one attached hydrogen (secondary N) is 1. The van der Waals surface area contributed by atoms with Crippen molar-refractivity contribution in [3.63, 3.8) is 0 Å². The van der Waals surface area contributed by atoms with Gasteiger partial charge in [-0.05, 0) is 89.6 Å². The molecule has 1 unspecified atom stereocenters. The summed E-state index contributed by atoms with van der Waals surface area (Å²) >= 11 is 7.73. The monoisotopic (exact) mass is 572 g/mol. The fourth-order valence-corrected chi connectivity index (χ4v) is 5.23. The molecule has 0 heterocycles. The Bertz CT molecular complexity index is 1440. The molecule has 0 saturated carbocycles. The van der Waals surface area contributed by atoms with Crippen LogP contribution in [0.5, 0.6) is 0 Å². The van der Waals surface area contributed by atoms with Gasteiger partial charge in [-0.3, -0.25) is 4.79 Å². The number of aliphatic carboxylic acids is 1. The van der Waals surface area contributed by atoms with Gasteiger partial charge in [-0.2, -0.15) is 11.8 Å². The van der Waals surface area contributed by atoms with Crippen LogP contribution in [0.2, 0.25) is 5.02 Å². The standard InChI is InChI=1S/C33H33ClN2O3S/c1-23-8-6-7-11-28(23)30-20-25(12-17-29(30)32(37)35-31(33(38)39)18-19-40-2)22-36(21-24-9-4-3-5-10-24)27-15-13-26(34)14-16-27/h3-17,20,31H,18-19,21-22H2,1-2H3,(H,35,37)(H,38,39). The number of nitrogens with zero attached hydrogens (tertiary/aromatic N) is 1. The number of aryl methyl sites for hydroxylation is 1. The third-order valence-corrected chi connectivity index (χ3v) is 7.66. The van der Waals surface area contributed by atoms with Gasteiger partial charge < -0.3 is 15.3 Å². The summed E-state index contributed by atoms with van der Waals surface area (Å²) in [4.78, 5) is 27.5. The maximum absolute atomic E-state index is 13.5. The van der Waals surface area contributed by atoms with Crippen LogP contribution in [0.25, 0.3) is 11.1 Å². The highest BCUT2D eigenvalue weighted by atomic mass is 35.5. The Morgan fingerprint density at radius 2 is 1.55 bits per heavy atom. The van der Waals surface area contributed by atoms with Crippen molar-refractivity contribution in [2.45, 2.75) is 32.5 Å². The molecule has 206 valence electrons. The second-order valence-electron chi connectivity index (χ2n) is 9.66. The summed E-state index contributed by atoms with van der Waals surface area (Å²) < 4.78 is 0. The van der Waals surface area contributed by atoms with Crippen LogP contribution in [0, 0.1) is 6.92 Å². The van der Waals surface area contributed by atoms with Gasteiger partial charge in [-0.25, -0.2) is 4.79 Å². The summed E-state index contributed by atoms with van der Waals surface area (Å²) in [7, 11) is 0. The Labute approximate surface area is 245 Å². The first kappa shape index (κ1) is 29.2. The van der Waals surface area contributed by atoms with Gasteiger partial charge in [0.15, 0.2) is 0 Å². The van der Waals surface area contributed by atoms with Crippen LogP contribution in [-0.2, 0) is 17.9 Å². The van der Waals surface area contributed by atoms with Crippen LogP contribution in [0.1, 0.15) is 33.5 Å². The number of rotatable bonds is 12. The lowest BCUT2D eigenvalue weighted by Gasteiger charge is -2.26. The van der Waals surface area contributed by atoms with E-state index < -0.39 is 17.9 Å². The zero-order chi connectivity index (χ0) is 28.5. The maximum atomic E-state index is 13.5. The number of thioether (sulfide) groups is 1. The highest BCUT2D eigenvalue weighted by Crippen LogP contribution is 2.30. The van der Waals surface area contributed by atoms with Gasteiger partial charge in [-0.1, -0.05) is 72.3 Å². The van der Waals surface area contributed by atoms with Gasteiger partial charge in [0.05, 0.1) is 0 Å². The van der Waals surface area contributed by atoms with E-state index in [-0.39, 0.29) is 0 Å². The number of hydrogen-bond donors (Lipinski definition) is 2. The van der Waals surface area contributed by atoms with E-state index in [1.807, 2.05) is 98.1 Å². The molecular formula is C33H33ClN2O3S. The normalized spacial score (nSPS) is 11.6. The molecule has 0 saturated heterocycles. The van der Waals surface area contributed by atoms with Crippen molar-refractivity contribution in [1.29, 1.82) is 0 Å². The Morgan fingerprint density at radius 1 is 0.875 bits per heavy atom. The number of carbonyl (C=O) groups excluding carboxylic acids is 1. The van der Waals surface area contributed by atoms with Crippen molar-refractivity contribution in [1.82, 2.24) is 5.32 Å². The van der Waals surface area contributed by atoms with Gasteiger partial charge in [0.25, 0.3) is 5.91 Å². The topological polar surface area (TPSA) is 69.6 Å². The molecule has 4 aromatic carbocycles. The van der Waals surface area contributed by atoms with Crippen molar-refractivity contribution in [2.75, 3.05) is 16.9 Å². The number of hydrogen-bond acceptors (Lipinski definition) is 4. The van der Waals surface area contributed by atoms with Crippen molar-refractivity contribution >= 4 is 40.9 Å². The third-order valence-electron chi connectivity index (χ3n) is 6.76. The van der Waals surface area contributed by atoms with Gasteiger partial charge in [0.1, 0.15) is 6.04 Å². The molecule has 5 nitrogen and oxygen atoms in total. The number of benzene rings is 4. The molecule has 4 aromatic rings. The van der Waals surface area contributed by atoms with Crippen molar-refractivity contribution < 1.29 is 14.7 Å². The molecule has 7 heteroatoms. The van der Waals surface area contributed by atoms with E-state index >= 15 is 0 Å². The minimum absolute atomic E-state index is 0.357. The van der Waals surface area contributed by atoms with E-state index in [0.717, 1.165) is 27.9 Å². The number of carboxylic acid groups (broad SMARTS) is 1. The molecular weight excluding hydrogens is 540 g/mol. The van der Waals surface area contributed by atoms with E-state index in [4.69, 9.17) is 11.6 Å². The van der Waals surface area contributed by atoms with E-state index in [1.54, 1.807) is 11.8 Å². The summed E-state index contributed by atoms with van der Waals surface area (Å²) in [6.07, 6.45) is 2.27. The van der Waals surface area contributed by atoms with Crippen LogP contribution in [0.3, 0.4) is 0 Å². The quantitative estimate of drug-likeness (QED) is 0.184. The van der Waals surface area contributed by atoms with Crippen molar-refractivity contribution in [2.24, 2.45) is 0 Å². The highest BCUT2D eigenvalue weighted by Gasteiger charge is 2.23. The van der Waals surface area contributed by atoms with Gasteiger partial charge in [0.2, 0.25) is 0 Å². The number of amides is 1. The minimum Gasteiger partial charge on any atom is -0.480 e. The Hall–Kier alpha value is -3.74. The first-order chi connectivity index (χ1) is 19.4. The molecule has 0 spiro atoms. The molecule has 0 aliphatic carbocycles. The second-order valence-corrected chi connectivity index (χ2v) is 11.1. The smallest absolute Gasteiger partial charge is 0.326 e. The fraction of sp³-hybridized carbons (Fsp3) is 0.212. The maximum Gasteiger partial charge on any atom is 0.326 e. The zero-order valence-electron chi connectivity index (χ0n) is 22.6. The number of carbonyl (C=O) groups is 2. The number of carboxylic acids is 1. The van der Waals surface area contributed by atoms with Crippen LogP contribution in [-0.4, -0.2) is 35.0 Å². The van der Waals surface area contributed by atoms with Gasteiger partial charge in [-0.15, -0.1) is 0 Å². The summed E-state index contributed by atoms with van der Waals surface area (Å²) in [5.41, 5.74) is 6.43. The third kappa shape index (κ3) is 7.68. The summed E-state index contributed by atoms with van der Waals surface area (Å²) in [6, 6.07) is 30.8. The first-order valence-electron chi connectivity index (χ1n) is 13.1. The highest BCUT2D eigenvalue weighted by molar-refractivity contribution is 7.98. The fourth-order valence-electron chi connectivity index (χ4n) is 4.63. The predicted molar refractivity (Wildman–Crippen MR) is 166 cm³/mol. The van der Waals surface area contributed by atoms with Gasteiger partial charge >= 0.3 is 5.97 Å². The minimum atomic E-state index is -1.03. The van der Waals surface area contributed by atoms with Crippen molar-refractivity contribution in [3.05, 3.63) is 124 Å². The predicted octanol–water partition coefficient (Wildman–Crippen LogP) is 7.46. The molecule has 0 bridgehead atoms. The van der Waals surface area contributed by atoms with Crippen LogP contribution >= 0.6 is 23.4 Å². The lowest BCUT2D eigenvalue weighted by Crippen LogP contribution is -2.41. The summed E-state index contributed by atoms with van der Waals surface area (Å²) in [5, 5.41) is 13.1. The molecule has 0 fully saturated rings. The summed E-state index contributed by atoms with van der Waals surface area (Å²) in [5.74, 6) is -0.781. The van der Waals surface area contributed by atoms with Crippen molar-refractivity contribution in [3.8, 4) is 11.1 Å². The Kier molecular flexibility index (Phi) is 10.3. The average molecular weight is 573 g/mol. The molecule has 40 heavy (non-hydrogen) atoms. The van der Waals surface area contributed by atoms with E-state index in [0.29, 0.717) is 35.8 Å². The van der Waals surface area contributed by atoms with Gasteiger partial charge in [0, 0.05) is 29.4 Å².